The van der Waals surface area contributed by atoms with E-state index in [0.717, 1.165) is 35.5 Å². The fourth-order valence-electron chi connectivity index (χ4n) is 2.81. The maximum atomic E-state index is 6.30. The van der Waals surface area contributed by atoms with Gasteiger partial charge in [-0.2, -0.15) is 0 Å². The summed E-state index contributed by atoms with van der Waals surface area (Å²) in [6, 6.07) is 3.91. The third kappa shape index (κ3) is 2.29. The van der Waals surface area contributed by atoms with Crippen LogP contribution in [0.4, 0.5) is 0 Å². The molecule has 0 fully saturated rings. The summed E-state index contributed by atoms with van der Waals surface area (Å²) in [4.78, 5) is 6.03. The predicted molar refractivity (Wildman–Crippen MR) is 83.4 cm³/mol. The lowest BCUT2D eigenvalue weighted by Crippen LogP contribution is -2.16. The number of halogens is 1. The van der Waals surface area contributed by atoms with Gasteiger partial charge in [-0.1, -0.05) is 11.6 Å². The third-order valence-electron chi connectivity index (χ3n) is 3.84. The van der Waals surface area contributed by atoms with Gasteiger partial charge < -0.3 is 15.2 Å². The Balaban J connectivity index is 1.78. The summed E-state index contributed by atoms with van der Waals surface area (Å²) in [5, 5.41) is 1.52. The van der Waals surface area contributed by atoms with Gasteiger partial charge in [-0.05, 0) is 31.4 Å². The van der Waals surface area contributed by atoms with E-state index in [9.17, 15) is 0 Å². The van der Waals surface area contributed by atoms with Crippen LogP contribution in [-0.4, -0.2) is 18.2 Å². The molecule has 1 unspecified atom stereocenters. The van der Waals surface area contributed by atoms with Gasteiger partial charge in [0, 0.05) is 16.5 Å². The van der Waals surface area contributed by atoms with Crippen molar-refractivity contribution in [3.8, 4) is 22.1 Å². The predicted octanol–water partition coefficient (Wildman–Crippen LogP) is 3.57. The van der Waals surface area contributed by atoms with Crippen LogP contribution in [0, 0.1) is 0 Å². The second kappa shape index (κ2) is 5.16. The van der Waals surface area contributed by atoms with Crippen LogP contribution in [-0.2, 0) is 6.42 Å². The first kappa shape index (κ1) is 13.4. The van der Waals surface area contributed by atoms with Crippen molar-refractivity contribution in [2.24, 2.45) is 5.73 Å². The highest BCUT2D eigenvalue weighted by Crippen LogP contribution is 2.43. The molecule has 0 spiro atoms. The fraction of sp³-hybridized carbons (Fsp3) is 0.400. The molecule has 1 aromatic carbocycles. The van der Waals surface area contributed by atoms with Crippen LogP contribution < -0.4 is 15.2 Å². The molecule has 4 nitrogen and oxygen atoms in total. The lowest BCUT2D eigenvalue weighted by molar-refractivity contribution is 0.172. The average molecular weight is 323 g/mol. The molecule has 4 rings (SSSR count). The molecular weight excluding hydrogens is 308 g/mol. The first-order chi connectivity index (χ1) is 10.2. The zero-order chi connectivity index (χ0) is 14.4. The van der Waals surface area contributed by atoms with Gasteiger partial charge >= 0.3 is 0 Å². The number of aryl methyl sites for hydroxylation is 1. The Morgan fingerprint density at radius 1 is 1.29 bits per heavy atom. The van der Waals surface area contributed by atoms with Crippen LogP contribution >= 0.6 is 22.9 Å². The molecule has 0 bridgehead atoms. The third-order valence-corrected chi connectivity index (χ3v) is 5.30. The zero-order valence-electron chi connectivity index (χ0n) is 11.4. The van der Waals surface area contributed by atoms with Gasteiger partial charge in [0.15, 0.2) is 11.5 Å². The molecule has 2 N–H and O–H groups in total. The highest BCUT2D eigenvalue weighted by atomic mass is 35.5. The Kier molecular flexibility index (Phi) is 3.28. The summed E-state index contributed by atoms with van der Waals surface area (Å²) in [5.74, 6) is 1.32. The summed E-state index contributed by atoms with van der Waals surface area (Å²) in [6.45, 7) is 1.08. The van der Waals surface area contributed by atoms with Crippen molar-refractivity contribution in [2.75, 3.05) is 13.2 Å². The van der Waals surface area contributed by atoms with E-state index in [0.29, 0.717) is 29.7 Å². The van der Waals surface area contributed by atoms with Crippen LogP contribution in [0.15, 0.2) is 12.1 Å². The van der Waals surface area contributed by atoms with E-state index in [1.54, 1.807) is 11.3 Å². The molecule has 0 saturated carbocycles. The summed E-state index contributed by atoms with van der Waals surface area (Å²) in [7, 11) is 0. The Bertz CT molecular complexity index is 701. The molecule has 1 aliphatic heterocycles. The SMILES string of the molecule is NC1CCCc2sc(-c3cc(Cl)c4c(c3)OCCO4)nc21. The van der Waals surface area contributed by atoms with Gasteiger partial charge in [0.05, 0.1) is 10.7 Å². The second-order valence-corrected chi connectivity index (χ2v) is 6.80. The van der Waals surface area contributed by atoms with Crippen molar-refractivity contribution in [1.82, 2.24) is 4.98 Å². The molecule has 6 heteroatoms. The maximum absolute atomic E-state index is 6.30. The summed E-state index contributed by atoms with van der Waals surface area (Å²) in [5.41, 5.74) is 8.17. The molecule has 0 radical (unpaired) electrons. The number of aromatic nitrogens is 1. The van der Waals surface area contributed by atoms with E-state index < -0.39 is 0 Å². The molecule has 0 saturated heterocycles. The van der Waals surface area contributed by atoms with Gasteiger partial charge in [-0.3, -0.25) is 0 Å². The molecule has 1 atom stereocenters. The monoisotopic (exact) mass is 322 g/mol. The van der Waals surface area contributed by atoms with Crippen LogP contribution in [0.2, 0.25) is 5.02 Å². The van der Waals surface area contributed by atoms with E-state index in [1.165, 1.54) is 4.88 Å². The van der Waals surface area contributed by atoms with Crippen molar-refractivity contribution in [3.05, 3.63) is 27.7 Å². The summed E-state index contributed by atoms with van der Waals surface area (Å²) in [6.07, 6.45) is 3.22. The highest BCUT2D eigenvalue weighted by molar-refractivity contribution is 7.15. The fourth-order valence-corrected chi connectivity index (χ4v) is 4.24. The molecule has 2 aliphatic rings. The van der Waals surface area contributed by atoms with Crippen LogP contribution in [0.1, 0.15) is 29.5 Å². The van der Waals surface area contributed by atoms with Gasteiger partial charge in [0.25, 0.3) is 0 Å². The van der Waals surface area contributed by atoms with E-state index in [2.05, 4.69) is 0 Å². The Morgan fingerprint density at radius 2 is 2.14 bits per heavy atom. The number of benzene rings is 1. The number of ether oxygens (including phenoxy) is 2. The molecule has 1 aliphatic carbocycles. The topological polar surface area (TPSA) is 57.4 Å². The van der Waals surface area contributed by atoms with Gasteiger partial charge in [0.1, 0.15) is 18.2 Å². The minimum atomic E-state index is 0.0615. The molecule has 1 aromatic heterocycles. The van der Waals surface area contributed by atoms with Crippen LogP contribution in [0.25, 0.3) is 10.6 Å². The van der Waals surface area contributed by atoms with Crippen LogP contribution in [0.5, 0.6) is 11.5 Å². The Morgan fingerprint density at radius 3 is 3.00 bits per heavy atom. The first-order valence-corrected chi connectivity index (χ1v) is 8.26. The number of fused-ring (bicyclic) bond motifs is 2. The number of nitrogens with zero attached hydrogens (tertiary/aromatic N) is 1. The minimum absolute atomic E-state index is 0.0615. The van der Waals surface area contributed by atoms with Gasteiger partial charge in [0.2, 0.25) is 0 Å². The summed E-state index contributed by atoms with van der Waals surface area (Å²) >= 11 is 8.01. The number of hydrogen-bond acceptors (Lipinski definition) is 5. The Hall–Kier alpha value is -1.30. The molecule has 21 heavy (non-hydrogen) atoms. The van der Waals surface area contributed by atoms with Crippen molar-refractivity contribution in [3.63, 3.8) is 0 Å². The highest BCUT2D eigenvalue weighted by Gasteiger charge is 2.24. The standard InChI is InChI=1S/C15H15ClN2O2S/c16-9-6-8(7-11-14(9)20-5-4-19-11)15-18-13-10(17)2-1-3-12(13)21-15/h6-7,10H,1-5,17H2. The van der Waals surface area contributed by atoms with Crippen molar-refractivity contribution >= 4 is 22.9 Å². The van der Waals surface area contributed by atoms with Crippen LogP contribution in [0.3, 0.4) is 0 Å². The molecule has 2 heterocycles. The van der Waals surface area contributed by atoms with Gasteiger partial charge in [-0.15, -0.1) is 11.3 Å². The normalized spacial score (nSPS) is 20.2. The van der Waals surface area contributed by atoms with Gasteiger partial charge in [-0.25, -0.2) is 4.98 Å². The lowest BCUT2D eigenvalue weighted by atomic mass is 9.99. The maximum Gasteiger partial charge on any atom is 0.179 e. The average Bonchev–Trinajstić information content (AvgIpc) is 2.93. The van der Waals surface area contributed by atoms with E-state index in [4.69, 9.17) is 31.8 Å². The van der Waals surface area contributed by atoms with Crippen molar-refractivity contribution in [2.45, 2.75) is 25.3 Å². The lowest BCUT2D eigenvalue weighted by Gasteiger charge is -2.19. The quantitative estimate of drug-likeness (QED) is 0.872. The molecule has 110 valence electrons. The van der Waals surface area contributed by atoms with Crippen molar-refractivity contribution in [1.29, 1.82) is 0 Å². The van der Waals surface area contributed by atoms with E-state index in [-0.39, 0.29) is 6.04 Å². The van der Waals surface area contributed by atoms with Crippen molar-refractivity contribution < 1.29 is 9.47 Å². The second-order valence-electron chi connectivity index (χ2n) is 5.31. The number of thiazole rings is 1. The molecule has 2 aromatic rings. The number of hydrogen-bond donors (Lipinski definition) is 1. The van der Waals surface area contributed by atoms with E-state index in [1.807, 2.05) is 12.1 Å². The minimum Gasteiger partial charge on any atom is -0.486 e. The molecule has 0 amide bonds. The number of rotatable bonds is 1. The Labute approximate surface area is 131 Å². The summed E-state index contributed by atoms with van der Waals surface area (Å²) < 4.78 is 11.2. The smallest absolute Gasteiger partial charge is 0.179 e. The molecular formula is C15H15ClN2O2S. The van der Waals surface area contributed by atoms with E-state index >= 15 is 0 Å². The largest absolute Gasteiger partial charge is 0.486 e. The first-order valence-electron chi connectivity index (χ1n) is 7.07. The zero-order valence-corrected chi connectivity index (χ0v) is 13.0. The number of nitrogens with two attached hydrogens (primary N) is 1.